The smallest absolute Gasteiger partial charge is 0.332 e. The molecule has 2 unspecified atom stereocenters. The standard InChI is InChI=1S/C35H31ClFN7O6S.C33H27ClFN7O6S.C26H23ClFN7O5S/c1-3-46-29(45)17-47-32-30(43-15-26(41-42-43)21-9-11-23(36)24(37)13-21)31-27(16-48-35(50-31)20-7-5-4-6-8-20)49-33(32)34-38-18-39-44(34)22-10-12-25-28(14-22)51-19(2)40-25;1-17-38-23-10-8-20(12-26(23)49-17)42-32(36-16-37-42)31-30(45-15-27(43)44)28(41-13-24(39-40-41)19-7-9-21(34)22(35)11-19)29-25(47-31)14-46-33(48-29)18-5-3-2-4-6-18;1-13-31-18-5-3-15(9-21(18)41-13)35-26(29-12-30-35)25-24(39-7-6-36)22(23(38)20(11-37)40-25)34-10-19(32-33-34)14-2-4-16(27)17(28)8-14/h4-15,18,27,30-33,35H,3,16-17H2,1-2H3;2-13,16,25,28-31,33H,14-15H2,1H3,(H,43,44);2-6,8-10,12,20,22-25,37-38H,7,11H2,1H3/t27-,30+,31+,32-,33-,35?;25-,28+,29+,30-,31-,33?;20-,22+,23+,24-,25-/m111/s1. The Morgan fingerprint density at radius 2 is 0.872 bits per heavy atom. The maximum Gasteiger partial charge on any atom is 0.332 e. The van der Waals surface area contributed by atoms with Crippen LogP contribution >= 0.6 is 68.8 Å². The van der Waals surface area contributed by atoms with Crippen LogP contribution in [0.15, 0.2) is 207 Å². The van der Waals surface area contributed by atoms with E-state index in [0.29, 0.717) is 68.9 Å². The fraction of sp³-hybridized carbons (Fsp3) is 0.298. The van der Waals surface area contributed by atoms with Crippen LogP contribution in [0.25, 0.3) is 81.5 Å². The van der Waals surface area contributed by atoms with Crippen LogP contribution in [0.2, 0.25) is 15.1 Å². The van der Waals surface area contributed by atoms with E-state index < -0.39 is 153 Å². The number of carboxylic acid groups (broad SMARTS) is 1. The number of aliphatic hydroxyl groups is 2. The summed E-state index contributed by atoms with van der Waals surface area (Å²) in [7, 11) is 0. The second-order valence-corrected chi connectivity index (χ2v) is 37.8. The van der Waals surface area contributed by atoms with Crippen molar-refractivity contribution < 1.29 is 95.0 Å². The van der Waals surface area contributed by atoms with E-state index in [1.165, 1.54) is 77.6 Å². The Balaban J connectivity index is 0.000000131. The van der Waals surface area contributed by atoms with Gasteiger partial charge in [0.15, 0.2) is 30.1 Å². The summed E-state index contributed by atoms with van der Waals surface area (Å²) in [5.74, 6) is -2.46. The molecule has 14 heterocycles. The molecule has 5 fully saturated rings. The predicted molar refractivity (Wildman–Crippen MR) is 502 cm³/mol. The number of aldehydes is 1. The first kappa shape index (κ1) is 95.6. The van der Waals surface area contributed by atoms with Gasteiger partial charge in [0.2, 0.25) is 0 Å². The number of esters is 1. The lowest BCUT2D eigenvalue weighted by molar-refractivity contribution is -0.322. The third-order valence-electron chi connectivity index (χ3n) is 23.9. The number of hydrogen-bond acceptors (Lipinski definition) is 34. The average Bonchev–Trinajstić information content (AvgIpc) is 1.71. The minimum absolute atomic E-state index is 0.00928. The van der Waals surface area contributed by atoms with Gasteiger partial charge < -0.3 is 72.2 Å². The van der Waals surface area contributed by atoms with Crippen LogP contribution in [0.1, 0.15) is 99.6 Å². The minimum atomic E-state index is -1.32. The van der Waals surface area contributed by atoms with Crippen LogP contribution in [-0.4, -0.2) is 239 Å². The molecule has 0 bridgehead atoms. The predicted octanol–water partition coefficient (Wildman–Crippen LogP) is 14.3. The van der Waals surface area contributed by atoms with Crippen molar-refractivity contribution in [3.05, 3.63) is 284 Å². The molecule has 8 aromatic carbocycles. The van der Waals surface area contributed by atoms with Gasteiger partial charge in [0.25, 0.3) is 0 Å². The number of thiazole rings is 3. The Morgan fingerprint density at radius 1 is 0.489 bits per heavy atom. The summed E-state index contributed by atoms with van der Waals surface area (Å²) in [5, 5.41) is 73.3. The van der Waals surface area contributed by atoms with Gasteiger partial charge in [0.1, 0.15) is 171 Å². The quantitative estimate of drug-likeness (QED) is 0.0353. The molecule has 9 aromatic heterocycles. The minimum Gasteiger partial charge on any atom is -0.480 e. The van der Waals surface area contributed by atoms with Crippen molar-refractivity contribution in [1.82, 2.24) is 104 Å². The number of carbonyl (C=O) groups excluding carboxylic acids is 2. The van der Waals surface area contributed by atoms with Crippen LogP contribution in [-0.2, 0) is 66.5 Å². The van der Waals surface area contributed by atoms with E-state index in [-0.39, 0.29) is 41.5 Å². The van der Waals surface area contributed by atoms with Gasteiger partial charge >= 0.3 is 11.9 Å². The van der Waals surface area contributed by atoms with Crippen LogP contribution < -0.4 is 0 Å². The van der Waals surface area contributed by atoms with E-state index in [0.717, 1.165) is 62.5 Å². The van der Waals surface area contributed by atoms with Gasteiger partial charge in [-0.3, -0.25) is 0 Å². The normalized spacial score (nSPS) is 23.3. The highest BCUT2D eigenvalue weighted by Crippen LogP contribution is 2.50. The fourth-order valence-corrected chi connectivity index (χ4v) is 20.6. The number of hydrogen-bond donors (Lipinski definition) is 3. The van der Waals surface area contributed by atoms with Gasteiger partial charge in [-0.25, -0.2) is 80.8 Å². The molecule has 141 heavy (non-hydrogen) atoms. The maximum atomic E-state index is 14.5. The molecule has 17 atom stereocenters. The lowest BCUT2D eigenvalue weighted by Gasteiger charge is -2.48. The van der Waals surface area contributed by atoms with E-state index in [1.54, 1.807) is 83.6 Å². The lowest BCUT2D eigenvalue weighted by Crippen LogP contribution is -2.58. The van der Waals surface area contributed by atoms with Crippen molar-refractivity contribution in [2.45, 2.75) is 132 Å². The highest BCUT2D eigenvalue weighted by Gasteiger charge is 2.57. The van der Waals surface area contributed by atoms with Crippen LogP contribution in [0.3, 0.4) is 0 Å². The molecule has 3 N–H and O–H groups in total. The number of halogens is 6. The van der Waals surface area contributed by atoms with E-state index in [4.69, 9.17) is 86.9 Å². The first-order valence-corrected chi connectivity index (χ1v) is 47.6. The van der Waals surface area contributed by atoms with Gasteiger partial charge in [0.05, 0.1) is 123 Å². The van der Waals surface area contributed by atoms with Crippen LogP contribution in [0.4, 0.5) is 13.2 Å². The summed E-state index contributed by atoms with van der Waals surface area (Å²) in [6.45, 7) is 6.12. The fourth-order valence-electron chi connectivity index (χ4n) is 17.7. The third-order valence-corrected chi connectivity index (χ3v) is 27.6. The molecule has 5 aliphatic rings. The molecule has 0 saturated carbocycles. The number of ether oxygens (including phenoxy) is 11. The number of rotatable bonds is 25. The monoisotopic (exact) mass is 2030 g/mol. The van der Waals surface area contributed by atoms with Crippen molar-refractivity contribution in [2.24, 2.45) is 0 Å². The molecular formula is C94H81Cl3F3N21O17S3. The number of carbonyl (C=O) groups is 3. The Labute approximate surface area is 823 Å². The number of aliphatic carboxylic acids is 1. The van der Waals surface area contributed by atoms with Crippen LogP contribution in [0, 0.1) is 38.2 Å². The van der Waals surface area contributed by atoms with Crippen molar-refractivity contribution >= 4 is 118 Å². The molecule has 0 amide bonds. The van der Waals surface area contributed by atoms with Gasteiger partial charge in [-0.05, 0) is 119 Å². The molecule has 0 aliphatic carbocycles. The van der Waals surface area contributed by atoms with Crippen molar-refractivity contribution in [1.29, 1.82) is 0 Å². The Kier molecular flexibility index (Phi) is 28.3. The van der Waals surface area contributed by atoms with Crippen molar-refractivity contribution in [3.63, 3.8) is 0 Å². The number of carboxylic acids is 1. The molecule has 47 heteroatoms. The molecule has 5 saturated heterocycles. The Hall–Kier alpha value is -12.9. The average molecular weight is 2040 g/mol. The third kappa shape index (κ3) is 20.0. The van der Waals surface area contributed by atoms with Crippen molar-refractivity contribution in [2.75, 3.05) is 46.2 Å². The number of aryl methyl sites for hydroxylation is 3. The van der Waals surface area contributed by atoms with Gasteiger partial charge in [-0.15, -0.1) is 49.3 Å². The van der Waals surface area contributed by atoms with Crippen LogP contribution in [0.5, 0.6) is 0 Å². The van der Waals surface area contributed by atoms with Gasteiger partial charge in [-0.1, -0.05) is 129 Å². The SMILES string of the molecule is CCOC(=O)CO[C@@H]1[C@@H](n2cc(-c3ccc(Cl)c(F)c3)nn2)[C@H]2OC(c3ccccc3)OC[C@H]2O[C@H]1c1ncnn1-c1ccc2nc(C)sc2c1.Cc1nc2ccc(-n3ncnc3[C@@H]3O[C@@H]4COC(c5ccccc5)O[C@@H]4[C@H](n4cc(-c5ccc(Cl)c(F)c5)nn4)[C@H]3OCC(=O)O)cc2s1.Cc1nc2ccc(-n3ncnc3[C@@H]3O[C@H](CO)[C@H](O)[C@H](n4cc(-c5ccc(Cl)c(F)c5)nn4)[C@H]3OCC=O)cc2s1. The number of aliphatic hydroxyl groups excluding tert-OH is 2. The molecule has 17 aromatic rings. The zero-order valence-corrected chi connectivity index (χ0v) is 79.1. The molecule has 5 aliphatic heterocycles. The number of benzene rings is 8. The highest BCUT2D eigenvalue weighted by atomic mass is 35.5. The summed E-state index contributed by atoms with van der Waals surface area (Å²) >= 11 is 22.4. The lowest BCUT2D eigenvalue weighted by atomic mass is 9.90. The number of nitrogens with zero attached hydrogens (tertiary/aromatic N) is 21. The number of fused-ring (bicyclic) bond motifs is 5. The molecule has 0 radical (unpaired) electrons. The summed E-state index contributed by atoms with van der Waals surface area (Å²) in [6.07, 6.45) is -2.93. The molecule has 724 valence electrons. The van der Waals surface area contributed by atoms with E-state index in [1.807, 2.05) is 136 Å². The first-order chi connectivity index (χ1) is 68.5. The van der Waals surface area contributed by atoms with Gasteiger partial charge in [-0.2, -0.15) is 15.3 Å². The highest BCUT2D eigenvalue weighted by molar-refractivity contribution is 7.19. The van der Waals surface area contributed by atoms with E-state index in [2.05, 4.69) is 76.1 Å². The topological polar surface area (TPSA) is 436 Å². The molecule has 38 nitrogen and oxygen atoms in total. The second-order valence-electron chi connectivity index (χ2n) is 32.9. The largest absolute Gasteiger partial charge is 0.480 e. The summed E-state index contributed by atoms with van der Waals surface area (Å²) in [6, 6.07) is 46.6. The Bertz CT molecular complexity index is 7380. The molecular weight excluding hydrogens is 1950 g/mol. The van der Waals surface area contributed by atoms with Gasteiger partial charge in [0, 0.05) is 27.8 Å². The summed E-state index contributed by atoms with van der Waals surface area (Å²) in [5.41, 5.74) is 8.68. The zero-order chi connectivity index (χ0) is 97.4. The summed E-state index contributed by atoms with van der Waals surface area (Å²) in [4.78, 5) is 63.3. The zero-order valence-electron chi connectivity index (χ0n) is 74.4. The second kappa shape index (κ2) is 41.7. The summed E-state index contributed by atoms with van der Waals surface area (Å²) < 4.78 is 124. The molecule has 22 rings (SSSR count). The number of aromatic nitrogens is 21. The van der Waals surface area contributed by atoms with E-state index in [9.17, 15) is 42.9 Å². The molecule has 0 spiro atoms. The van der Waals surface area contributed by atoms with Crippen molar-refractivity contribution in [3.8, 4) is 50.8 Å². The maximum absolute atomic E-state index is 14.5. The first-order valence-electron chi connectivity index (χ1n) is 44.1. The Morgan fingerprint density at radius 3 is 1.25 bits per heavy atom. The van der Waals surface area contributed by atoms with E-state index >= 15 is 0 Å².